The quantitative estimate of drug-likeness (QED) is 0.828. The number of aromatic nitrogens is 2. The van der Waals surface area contributed by atoms with Gasteiger partial charge in [0.2, 0.25) is 5.13 Å². The Bertz CT molecular complexity index is 682. The fourth-order valence-electron chi connectivity index (χ4n) is 2.75. The molecule has 6 nitrogen and oxygen atoms in total. The van der Waals surface area contributed by atoms with E-state index in [0.29, 0.717) is 11.7 Å². The molecule has 0 radical (unpaired) electrons. The summed E-state index contributed by atoms with van der Waals surface area (Å²) in [5.41, 5.74) is 1.03. The second-order valence-electron chi connectivity index (χ2n) is 5.79. The number of benzene rings is 1. The smallest absolute Gasteiger partial charge is 0.281 e. The number of hydrogen-bond acceptors (Lipinski definition) is 5. The van der Waals surface area contributed by atoms with Crippen LogP contribution in [-0.2, 0) is 11.2 Å². The molecule has 0 spiro atoms. The van der Waals surface area contributed by atoms with Gasteiger partial charge in [0, 0.05) is 5.69 Å². The first-order valence-electron chi connectivity index (χ1n) is 8.10. The zero-order chi connectivity index (χ0) is 16.9. The molecule has 24 heavy (non-hydrogen) atoms. The summed E-state index contributed by atoms with van der Waals surface area (Å²) in [5, 5.41) is 12.3. The topological polar surface area (TPSA) is 62.6 Å². The highest BCUT2D eigenvalue weighted by Gasteiger charge is 2.22. The van der Waals surface area contributed by atoms with Crippen molar-refractivity contribution in [1.82, 2.24) is 10.2 Å². The van der Waals surface area contributed by atoms with Crippen molar-refractivity contribution in [1.29, 1.82) is 0 Å². The molecule has 1 aromatic carbocycles. The zero-order valence-electron chi connectivity index (χ0n) is 13.6. The average Bonchev–Trinajstić information content (AvgIpc) is 3.04. The van der Waals surface area contributed by atoms with Crippen LogP contribution < -0.4 is 15.1 Å². The Labute approximate surface area is 144 Å². The average molecular weight is 350 g/mol. The molecule has 1 aliphatic rings. The van der Waals surface area contributed by atoms with Gasteiger partial charge in [-0.05, 0) is 30.7 Å². The summed E-state index contributed by atoms with van der Waals surface area (Å²) >= 11 is 1.42. The lowest BCUT2D eigenvalue weighted by atomic mass is 10.2. The molecule has 2 aromatic rings. The van der Waals surface area contributed by atoms with E-state index in [2.05, 4.69) is 20.4 Å². The third-order valence-corrected chi connectivity index (χ3v) is 5.07. The maximum absolute atomic E-state index is 13.0. The number of anilines is 2. The molecule has 0 aliphatic carbocycles. The van der Waals surface area contributed by atoms with Gasteiger partial charge in [0.25, 0.3) is 5.91 Å². The molecule has 3 rings (SSSR count). The van der Waals surface area contributed by atoms with E-state index in [9.17, 15) is 9.18 Å². The lowest BCUT2D eigenvalue weighted by Gasteiger charge is -2.33. The number of rotatable bonds is 5. The standard InChI is InChI=1S/C16H20FN5OS/c1-2-15-19-20-16(24-15)18-14(23)11-21-7-9-22(10-8-21)13-5-3-12(17)4-6-13/h3-6H,2,7-11H2,1H3,(H,18,20,23)/p+1. The van der Waals surface area contributed by atoms with Gasteiger partial charge in [-0.3, -0.25) is 10.1 Å². The number of nitrogens with one attached hydrogen (secondary N) is 2. The van der Waals surface area contributed by atoms with Crippen LogP contribution in [0.15, 0.2) is 24.3 Å². The lowest BCUT2D eigenvalue weighted by Crippen LogP contribution is -3.15. The molecule has 0 unspecified atom stereocenters. The molecule has 1 amide bonds. The first-order valence-corrected chi connectivity index (χ1v) is 8.92. The first-order chi connectivity index (χ1) is 11.6. The predicted molar refractivity (Wildman–Crippen MR) is 92.1 cm³/mol. The van der Waals surface area contributed by atoms with Crippen molar-refractivity contribution >= 4 is 28.1 Å². The van der Waals surface area contributed by atoms with E-state index < -0.39 is 0 Å². The Morgan fingerprint density at radius 2 is 2.00 bits per heavy atom. The van der Waals surface area contributed by atoms with Crippen molar-refractivity contribution in [2.45, 2.75) is 13.3 Å². The van der Waals surface area contributed by atoms with Gasteiger partial charge >= 0.3 is 0 Å². The number of nitrogens with zero attached hydrogens (tertiary/aromatic N) is 3. The van der Waals surface area contributed by atoms with Crippen LogP contribution in [0.5, 0.6) is 0 Å². The molecule has 128 valence electrons. The van der Waals surface area contributed by atoms with Gasteiger partial charge in [0.1, 0.15) is 10.8 Å². The van der Waals surface area contributed by atoms with E-state index in [1.54, 1.807) is 12.1 Å². The normalized spacial score (nSPS) is 15.5. The van der Waals surface area contributed by atoms with E-state index in [-0.39, 0.29) is 11.7 Å². The summed E-state index contributed by atoms with van der Waals surface area (Å²) in [6, 6.07) is 6.56. The Morgan fingerprint density at radius 3 is 2.62 bits per heavy atom. The van der Waals surface area contributed by atoms with Gasteiger partial charge in [-0.25, -0.2) is 4.39 Å². The van der Waals surface area contributed by atoms with Crippen molar-refractivity contribution in [3.8, 4) is 0 Å². The lowest BCUT2D eigenvalue weighted by molar-refractivity contribution is -0.892. The highest BCUT2D eigenvalue weighted by molar-refractivity contribution is 7.15. The van der Waals surface area contributed by atoms with Crippen LogP contribution in [0.25, 0.3) is 0 Å². The van der Waals surface area contributed by atoms with Crippen molar-refractivity contribution in [3.05, 3.63) is 35.1 Å². The zero-order valence-corrected chi connectivity index (χ0v) is 14.4. The number of piperazine rings is 1. The van der Waals surface area contributed by atoms with Crippen LogP contribution >= 0.6 is 11.3 Å². The first kappa shape index (κ1) is 16.8. The molecule has 2 heterocycles. The van der Waals surface area contributed by atoms with E-state index in [1.807, 2.05) is 6.92 Å². The Balaban J connectivity index is 1.46. The maximum Gasteiger partial charge on any atom is 0.281 e. The summed E-state index contributed by atoms with van der Waals surface area (Å²) in [5.74, 6) is -0.248. The molecule has 1 aromatic heterocycles. The minimum atomic E-state index is -0.220. The van der Waals surface area contributed by atoms with Gasteiger partial charge in [-0.2, -0.15) is 0 Å². The van der Waals surface area contributed by atoms with Gasteiger partial charge in [0.15, 0.2) is 6.54 Å². The molecular formula is C16H21FN5OS+. The van der Waals surface area contributed by atoms with Crippen LogP contribution in [0.3, 0.4) is 0 Å². The molecule has 1 fully saturated rings. The molecule has 0 bridgehead atoms. The second-order valence-corrected chi connectivity index (χ2v) is 6.85. The highest BCUT2D eigenvalue weighted by atomic mass is 32.1. The Hall–Kier alpha value is -2.06. The fraction of sp³-hybridized carbons (Fsp3) is 0.438. The highest BCUT2D eigenvalue weighted by Crippen LogP contribution is 2.15. The fourth-order valence-corrected chi connectivity index (χ4v) is 3.44. The van der Waals surface area contributed by atoms with E-state index in [0.717, 1.165) is 43.3 Å². The third-order valence-electron chi connectivity index (χ3n) is 4.09. The monoisotopic (exact) mass is 350 g/mol. The Kier molecular flexibility index (Phi) is 5.37. The predicted octanol–water partition coefficient (Wildman–Crippen LogP) is 0.583. The van der Waals surface area contributed by atoms with Crippen molar-refractivity contribution < 1.29 is 14.1 Å². The number of aryl methyl sites for hydroxylation is 1. The number of amides is 1. The van der Waals surface area contributed by atoms with Gasteiger partial charge in [-0.1, -0.05) is 18.3 Å². The van der Waals surface area contributed by atoms with E-state index in [1.165, 1.54) is 28.4 Å². The van der Waals surface area contributed by atoms with E-state index in [4.69, 9.17) is 0 Å². The van der Waals surface area contributed by atoms with Crippen LogP contribution in [0.1, 0.15) is 11.9 Å². The number of carbonyl (C=O) groups is 1. The number of quaternary nitrogens is 1. The molecule has 0 atom stereocenters. The second kappa shape index (κ2) is 7.67. The summed E-state index contributed by atoms with van der Waals surface area (Å²) in [6.45, 7) is 5.90. The number of hydrogen-bond donors (Lipinski definition) is 2. The van der Waals surface area contributed by atoms with Crippen LogP contribution in [0.4, 0.5) is 15.2 Å². The molecule has 8 heteroatoms. The SMILES string of the molecule is CCc1nnc(NC(=O)C[NH+]2CCN(c3ccc(F)cc3)CC2)s1. The van der Waals surface area contributed by atoms with Crippen molar-refractivity contribution in [2.75, 3.05) is 42.9 Å². The van der Waals surface area contributed by atoms with Gasteiger partial charge in [0.05, 0.1) is 26.2 Å². The summed E-state index contributed by atoms with van der Waals surface area (Å²) in [6.07, 6.45) is 0.824. The molecule has 1 aliphatic heterocycles. The summed E-state index contributed by atoms with van der Waals surface area (Å²) in [7, 11) is 0. The largest absolute Gasteiger partial charge is 0.360 e. The van der Waals surface area contributed by atoms with Crippen LogP contribution in [0.2, 0.25) is 0 Å². The van der Waals surface area contributed by atoms with Crippen LogP contribution in [-0.4, -0.2) is 48.8 Å². The molecule has 2 N–H and O–H groups in total. The van der Waals surface area contributed by atoms with Gasteiger partial charge < -0.3 is 9.80 Å². The summed E-state index contributed by atoms with van der Waals surface area (Å²) < 4.78 is 13.0. The molecular weight excluding hydrogens is 329 g/mol. The van der Waals surface area contributed by atoms with E-state index >= 15 is 0 Å². The molecule has 1 saturated heterocycles. The Morgan fingerprint density at radius 1 is 1.29 bits per heavy atom. The maximum atomic E-state index is 13.0. The third kappa shape index (κ3) is 4.27. The van der Waals surface area contributed by atoms with Crippen molar-refractivity contribution in [2.24, 2.45) is 0 Å². The number of carbonyl (C=O) groups excluding carboxylic acids is 1. The number of halogens is 1. The molecule has 0 saturated carbocycles. The van der Waals surface area contributed by atoms with Gasteiger partial charge in [-0.15, -0.1) is 10.2 Å². The minimum absolute atomic E-state index is 0.0287. The summed E-state index contributed by atoms with van der Waals surface area (Å²) in [4.78, 5) is 15.6. The minimum Gasteiger partial charge on any atom is -0.360 e. The van der Waals surface area contributed by atoms with Crippen LogP contribution in [0, 0.1) is 5.82 Å². The van der Waals surface area contributed by atoms with Crippen molar-refractivity contribution in [3.63, 3.8) is 0 Å².